The van der Waals surface area contributed by atoms with E-state index >= 15 is 0 Å². The summed E-state index contributed by atoms with van der Waals surface area (Å²) >= 11 is 0. The molecule has 0 aliphatic rings. The van der Waals surface area contributed by atoms with Crippen LogP contribution >= 0.6 is 0 Å². The first kappa shape index (κ1) is 14.5. The lowest BCUT2D eigenvalue weighted by Gasteiger charge is -2.27. The Morgan fingerprint density at radius 1 is 1.50 bits per heavy atom. The Morgan fingerprint density at radius 3 is 2.72 bits per heavy atom. The summed E-state index contributed by atoms with van der Waals surface area (Å²) in [7, 11) is 1.66. The SMILES string of the molecule is COC(C)(C)CC(C)Nc1cccc(F)c1C#N. The number of anilines is 1. The average molecular weight is 250 g/mol. The lowest BCUT2D eigenvalue weighted by Crippen LogP contribution is -2.31. The van der Waals surface area contributed by atoms with Crippen LogP contribution < -0.4 is 5.32 Å². The molecular formula is C14H19FN2O. The minimum Gasteiger partial charge on any atom is -0.381 e. The van der Waals surface area contributed by atoms with Crippen LogP contribution in [0.25, 0.3) is 0 Å². The van der Waals surface area contributed by atoms with Gasteiger partial charge in [-0.15, -0.1) is 0 Å². The van der Waals surface area contributed by atoms with E-state index < -0.39 is 5.82 Å². The Kier molecular flexibility index (Phi) is 4.69. The lowest BCUT2D eigenvalue weighted by atomic mass is 9.99. The van der Waals surface area contributed by atoms with Crippen molar-refractivity contribution in [2.75, 3.05) is 12.4 Å². The lowest BCUT2D eigenvalue weighted by molar-refractivity contribution is 0.0128. The van der Waals surface area contributed by atoms with Crippen molar-refractivity contribution in [3.63, 3.8) is 0 Å². The smallest absolute Gasteiger partial charge is 0.143 e. The van der Waals surface area contributed by atoms with Crippen LogP contribution in [0.2, 0.25) is 0 Å². The van der Waals surface area contributed by atoms with Crippen LogP contribution in [0.15, 0.2) is 18.2 Å². The second-order valence-electron chi connectivity index (χ2n) is 4.99. The van der Waals surface area contributed by atoms with Crippen LogP contribution in [0.5, 0.6) is 0 Å². The number of hydrogen-bond donors (Lipinski definition) is 1. The first-order chi connectivity index (χ1) is 8.39. The van der Waals surface area contributed by atoms with Crippen molar-refractivity contribution in [3.05, 3.63) is 29.6 Å². The number of nitrogens with zero attached hydrogens (tertiary/aromatic N) is 1. The van der Waals surface area contributed by atoms with E-state index in [1.54, 1.807) is 19.2 Å². The quantitative estimate of drug-likeness (QED) is 0.872. The number of benzene rings is 1. The fourth-order valence-electron chi connectivity index (χ4n) is 1.90. The van der Waals surface area contributed by atoms with Gasteiger partial charge in [-0.05, 0) is 39.3 Å². The van der Waals surface area contributed by atoms with Crippen molar-refractivity contribution in [1.82, 2.24) is 0 Å². The van der Waals surface area contributed by atoms with Crippen molar-refractivity contribution in [3.8, 4) is 6.07 Å². The average Bonchev–Trinajstić information content (AvgIpc) is 2.28. The topological polar surface area (TPSA) is 45.0 Å². The maximum absolute atomic E-state index is 13.4. The molecule has 0 aliphatic carbocycles. The van der Waals surface area contributed by atoms with Crippen LogP contribution in [-0.2, 0) is 4.74 Å². The van der Waals surface area contributed by atoms with Gasteiger partial charge in [-0.3, -0.25) is 0 Å². The van der Waals surface area contributed by atoms with E-state index in [0.717, 1.165) is 6.42 Å². The third-order valence-electron chi connectivity index (χ3n) is 2.88. The molecule has 0 bridgehead atoms. The largest absolute Gasteiger partial charge is 0.381 e. The molecule has 1 aromatic carbocycles. The molecule has 18 heavy (non-hydrogen) atoms. The third kappa shape index (κ3) is 3.71. The first-order valence-electron chi connectivity index (χ1n) is 5.90. The minimum absolute atomic E-state index is 0.0552. The predicted octanol–water partition coefficient (Wildman–Crippen LogP) is 3.31. The first-order valence-corrected chi connectivity index (χ1v) is 5.90. The zero-order valence-corrected chi connectivity index (χ0v) is 11.2. The van der Waals surface area contributed by atoms with Gasteiger partial charge in [0.25, 0.3) is 0 Å². The van der Waals surface area contributed by atoms with Gasteiger partial charge in [0.15, 0.2) is 0 Å². The molecule has 0 aromatic heterocycles. The predicted molar refractivity (Wildman–Crippen MR) is 69.9 cm³/mol. The van der Waals surface area contributed by atoms with Gasteiger partial charge in [0.05, 0.1) is 11.3 Å². The van der Waals surface area contributed by atoms with E-state index in [0.29, 0.717) is 5.69 Å². The maximum atomic E-state index is 13.4. The third-order valence-corrected chi connectivity index (χ3v) is 2.88. The fourth-order valence-corrected chi connectivity index (χ4v) is 1.90. The van der Waals surface area contributed by atoms with Crippen LogP contribution in [-0.4, -0.2) is 18.8 Å². The molecular weight excluding hydrogens is 231 g/mol. The van der Waals surface area contributed by atoms with Crippen molar-refractivity contribution in [2.45, 2.75) is 38.8 Å². The Labute approximate surface area is 108 Å². The van der Waals surface area contributed by atoms with Crippen molar-refractivity contribution in [2.24, 2.45) is 0 Å². The molecule has 1 N–H and O–H groups in total. The summed E-state index contributed by atoms with van der Waals surface area (Å²) in [6, 6.07) is 6.54. The molecule has 0 saturated carbocycles. The minimum atomic E-state index is -0.499. The molecule has 3 nitrogen and oxygen atoms in total. The number of ether oxygens (including phenoxy) is 1. The monoisotopic (exact) mass is 250 g/mol. The van der Waals surface area contributed by atoms with Gasteiger partial charge in [0, 0.05) is 13.2 Å². The molecule has 98 valence electrons. The second kappa shape index (κ2) is 5.83. The molecule has 1 aromatic rings. The Morgan fingerprint density at radius 2 is 2.17 bits per heavy atom. The normalized spacial score (nSPS) is 12.9. The summed E-state index contributed by atoms with van der Waals surface area (Å²) in [4.78, 5) is 0. The van der Waals surface area contributed by atoms with E-state index in [4.69, 9.17) is 10.00 Å². The standard InChI is InChI=1S/C14H19FN2O/c1-10(8-14(2,3)18-4)17-13-7-5-6-12(15)11(13)9-16/h5-7,10,17H,8H2,1-4H3. The van der Waals surface area contributed by atoms with Gasteiger partial charge in [0.1, 0.15) is 17.4 Å². The summed E-state index contributed by atoms with van der Waals surface area (Å²) in [6.45, 7) is 5.96. The number of halogens is 1. The maximum Gasteiger partial charge on any atom is 0.143 e. The molecule has 0 heterocycles. The molecule has 0 fully saturated rings. The molecule has 0 saturated heterocycles. The molecule has 1 rings (SSSR count). The highest BCUT2D eigenvalue weighted by Gasteiger charge is 2.21. The fraction of sp³-hybridized carbons (Fsp3) is 0.500. The van der Waals surface area contributed by atoms with Gasteiger partial charge in [0.2, 0.25) is 0 Å². The van der Waals surface area contributed by atoms with Crippen LogP contribution in [0, 0.1) is 17.1 Å². The highest BCUT2D eigenvalue weighted by atomic mass is 19.1. The highest BCUT2D eigenvalue weighted by molar-refractivity contribution is 5.58. The van der Waals surface area contributed by atoms with Crippen molar-refractivity contribution >= 4 is 5.69 Å². The van der Waals surface area contributed by atoms with Crippen LogP contribution in [0.3, 0.4) is 0 Å². The van der Waals surface area contributed by atoms with E-state index in [2.05, 4.69) is 5.32 Å². The molecule has 0 spiro atoms. The summed E-state index contributed by atoms with van der Waals surface area (Å²) < 4.78 is 18.8. The molecule has 4 heteroatoms. The summed E-state index contributed by atoms with van der Waals surface area (Å²) in [5.41, 5.74) is 0.323. The van der Waals surface area contributed by atoms with Crippen molar-refractivity contribution < 1.29 is 9.13 Å². The summed E-state index contributed by atoms with van der Waals surface area (Å²) in [5, 5.41) is 12.1. The molecule has 0 aliphatic heterocycles. The zero-order chi connectivity index (χ0) is 13.8. The Hall–Kier alpha value is -1.60. The number of nitrogens with one attached hydrogen (secondary N) is 1. The van der Waals surface area contributed by atoms with Gasteiger partial charge >= 0.3 is 0 Å². The van der Waals surface area contributed by atoms with Gasteiger partial charge in [-0.25, -0.2) is 4.39 Å². The van der Waals surface area contributed by atoms with Gasteiger partial charge < -0.3 is 10.1 Å². The zero-order valence-electron chi connectivity index (χ0n) is 11.2. The highest BCUT2D eigenvalue weighted by Crippen LogP contribution is 2.22. The molecule has 1 atom stereocenters. The summed E-state index contributed by atoms with van der Waals surface area (Å²) in [5.74, 6) is -0.499. The summed E-state index contributed by atoms with van der Waals surface area (Å²) in [6.07, 6.45) is 0.755. The number of nitriles is 1. The van der Waals surface area contributed by atoms with E-state index in [1.807, 2.05) is 26.8 Å². The molecule has 0 radical (unpaired) electrons. The molecule has 0 amide bonds. The van der Waals surface area contributed by atoms with Gasteiger partial charge in [-0.1, -0.05) is 6.07 Å². The van der Waals surface area contributed by atoms with Crippen molar-refractivity contribution in [1.29, 1.82) is 5.26 Å². The van der Waals surface area contributed by atoms with E-state index in [-0.39, 0.29) is 17.2 Å². The molecule has 1 unspecified atom stereocenters. The van der Waals surface area contributed by atoms with Crippen LogP contribution in [0.1, 0.15) is 32.8 Å². The Bertz CT molecular complexity index is 452. The Balaban J connectivity index is 2.80. The van der Waals surface area contributed by atoms with E-state index in [1.165, 1.54) is 6.07 Å². The van der Waals surface area contributed by atoms with Crippen LogP contribution in [0.4, 0.5) is 10.1 Å². The number of hydrogen-bond acceptors (Lipinski definition) is 3. The van der Waals surface area contributed by atoms with E-state index in [9.17, 15) is 4.39 Å². The number of methoxy groups -OCH3 is 1. The second-order valence-corrected chi connectivity index (χ2v) is 4.99. The number of rotatable bonds is 5. The van der Waals surface area contributed by atoms with Gasteiger partial charge in [-0.2, -0.15) is 5.26 Å².